The van der Waals surface area contributed by atoms with Crippen LogP contribution in [-0.2, 0) is 11.7 Å². The van der Waals surface area contributed by atoms with Crippen molar-refractivity contribution in [2.75, 3.05) is 0 Å². The lowest BCUT2D eigenvalue weighted by Crippen LogP contribution is -1.94. The van der Waals surface area contributed by atoms with Crippen molar-refractivity contribution in [3.8, 4) is 11.5 Å². The van der Waals surface area contributed by atoms with E-state index in [2.05, 4.69) is 0 Å². The van der Waals surface area contributed by atoms with E-state index in [0.29, 0.717) is 12.4 Å². The summed E-state index contributed by atoms with van der Waals surface area (Å²) in [7, 11) is 0. The Bertz CT molecular complexity index is 424. The molecule has 2 rings (SSSR count). The van der Waals surface area contributed by atoms with Crippen molar-refractivity contribution in [2.24, 2.45) is 0 Å². The van der Waals surface area contributed by atoms with E-state index in [-0.39, 0.29) is 5.75 Å². The standard InChI is InChI=1S/C13H11O2/c14-12-7-4-8-13(9-12)15-10-11-5-2-1-3-6-11/h1-9H,10H2. The fourth-order valence-corrected chi connectivity index (χ4v) is 1.30. The molecule has 0 aliphatic heterocycles. The van der Waals surface area contributed by atoms with Gasteiger partial charge in [0.1, 0.15) is 12.4 Å². The normalized spacial score (nSPS) is 9.87. The fourth-order valence-electron chi connectivity index (χ4n) is 1.30. The molecule has 0 fully saturated rings. The average molecular weight is 199 g/mol. The van der Waals surface area contributed by atoms with Crippen molar-refractivity contribution < 1.29 is 9.84 Å². The Hall–Kier alpha value is -1.96. The van der Waals surface area contributed by atoms with Crippen LogP contribution in [0.2, 0.25) is 0 Å². The number of rotatable bonds is 3. The molecule has 1 radical (unpaired) electrons. The predicted octanol–water partition coefficient (Wildman–Crippen LogP) is 3.41. The first-order valence-corrected chi connectivity index (χ1v) is 4.78. The number of hydrogen-bond acceptors (Lipinski definition) is 1. The van der Waals surface area contributed by atoms with Crippen LogP contribution in [-0.4, -0.2) is 0 Å². The van der Waals surface area contributed by atoms with Crippen molar-refractivity contribution in [1.29, 1.82) is 0 Å². The Morgan fingerprint density at radius 1 is 0.933 bits per heavy atom. The number of ether oxygens (including phenoxy) is 1. The highest BCUT2D eigenvalue weighted by molar-refractivity contribution is 5.31. The van der Waals surface area contributed by atoms with Crippen molar-refractivity contribution in [2.45, 2.75) is 6.61 Å². The molecule has 2 aromatic carbocycles. The first kappa shape index (κ1) is 9.59. The summed E-state index contributed by atoms with van der Waals surface area (Å²) in [6.07, 6.45) is 0. The van der Waals surface area contributed by atoms with Gasteiger partial charge in [0.25, 0.3) is 0 Å². The van der Waals surface area contributed by atoms with Gasteiger partial charge in [0, 0.05) is 6.07 Å². The van der Waals surface area contributed by atoms with Gasteiger partial charge in [0.15, 0.2) is 5.75 Å². The van der Waals surface area contributed by atoms with E-state index in [9.17, 15) is 5.11 Å². The summed E-state index contributed by atoms with van der Waals surface area (Å²) in [5.41, 5.74) is 1.09. The predicted molar refractivity (Wildman–Crippen MR) is 57.3 cm³/mol. The summed E-state index contributed by atoms with van der Waals surface area (Å²) in [5, 5.41) is 11.0. The average Bonchev–Trinajstić information content (AvgIpc) is 2.28. The minimum Gasteiger partial charge on any atom is -0.489 e. The van der Waals surface area contributed by atoms with Gasteiger partial charge in [-0.25, -0.2) is 0 Å². The molecule has 0 aliphatic rings. The molecule has 15 heavy (non-hydrogen) atoms. The van der Waals surface area contributed by atoms with Gasteiger partial charge >= 0.3 is 0 Å². The van der Waals surface area contributed by atoms with Gasteiger partial charge in [-0.1, -0.05) is 36.4 Å². The largest absolute Gasteiger partial charge is 0.489 e. The highest BCUT2D eigenvalue weighted by Crippen LogP contribution is 2.19. The van der Waals surface area contributed by atoms with Crippen LogP contribution >= 0.6 is 0 Å². The van der Waals surface area contributed by atoms with Gasteiger partial charge in [-0.15, -0.1) is 0 Å². The van der Waals surface area contributed by atoms with Crippen molar-refractivity contribution >= 4 is 0 Å². The highest BCUT2D eigenvalue weighted by Gasteiger charge is 1.97. The second-order valence-corrected chi connectivity index (χ2v) is 3.25. The lowest BCUT2D eigenvalue weighted by atomic mass is 10.2. The van der Waals surface area contributed by atoms with Crippen molar-refractivity contribution in [3.05, 3.63) is 60.2 Å². The Labute approximate surface area is 88.8 Å². The first-order valence-electron chi connectivity index (χ1n) is 4.78. The summed E-state index contributed by atoms with van der Waals surface area (Å²) in [6.45, 7) is 0.490. The maximum Gasteiger partial charge on any atom is 0.182 e. The maximum absolute atomic E-state index is 11.0. The molecule has 0 aromatic heterocycles. The van der Waals surface area contributed by atoms with Crippen LogP contribution in [0.25, 0.3) is 0 Å². The van der Waals surface area contributed by atoms with Gasteiger partial charge in [-0.05, 0) is 17.7 Å². The minimum absolute atomic E-state index is 0.0273. The molecule has 0 atom stereocenters. The molecule has 0 N–H and O–H groups in total. The van der Waals surface area contributed by atoms with E-state index < -0.39 is 0 Å². The third kappa shape index (κ3) is 2.74. The minimum atomic E-state index is -0.0273. The second kappa shape index (κ2) is 4.51. The van der Waals surface area contributed by atoms with Gasteiger partial charge in [0.05, 0.1) is 0 Å². The molecule has 0 bridgehead atoms. The molecule has 0 amide bonds. The second-order valence-electron chi connectivity index (χ2n) is 3.25. The topological polar surface area (TPSA) is 29.1 Å². The van der Waals surface area contributed by atoms with E-state index in [4.69, 9.17) is 4.74 Å². The maximum atomic E-state index is 11.0. The molecule has 2 aromatic rings. The summed E-state index contributed by atoms with van der Waals surface area (Å²) < 4.78 is 5.47. The van der Waals surface area contributed by atoms with Crippen molar-refractivity contribution in [1.82, 2.24) is 0 Å². The van der Waals surface area contributed by atoms with Crippen LogP contribution in [0.15, 0.2) is 54.6 Å². The van der Waals surface area contributed by atoms with Crippen LogP contribution in [0.4, 0.5) is 0 Å². The van der Waals surface area contributed by atoms with Gasteiger partial charge in [-0.3, -0.25) is 5.11 Å². The Balaban J connectivity index is 1.99. The lowest BCUT2D eigenvalue weighted by Gasteiger charge is -2.05. The van der Waals surface area contributed by atoms with E-state index in [0.717, 1.165) is 5.56 Å². The number of hydrogen-bond donors (Lipinski definition) is 0. The fraction of sp³-hybridized carbons (Fsp3) is 0.0769. The summed E-state index contributed by atoms with van der Waals surface area (Å²) in [4.78, 5) is 0. The van der Waals surface area contributed by atoms with E-state index >= 15 is 0 Å². The summed E-state index contributed by atoms with van der Waals surface area (Å²) >= 11 is 0. The molecule has 2 heteroatoms. The molecule has 2 nitrogen and oxygen atoms in total. The molecule has 0 unspecified atom stereocenters. The van der Waals surface area contributed by atoms with Crippen LogP contribution in [0, 0.1) is 0 Å². The Morgan fingerprint density at radius 3 is 2.47 bits per heavy atom. The number of benzene rings is 2. The third-order valence-corrected chi connectivity index (χ3v) is 2.05. The Kier molecular flexibility index (Phi) is 2.88. The molecule has 0 aliphatic carbocycles. The third-order valence-electron chi connectivity index (χ3n) is 2.05. The SMILES string of the molecule is [O]c1cccc(OCc2ccccc2)c1. The molecule has 0 saturated carbocycles. The molecule has 0 spiro atoms. The van der Waals surface area contributed by atoms with Gasteiger partial charge in [-0.2, -0.15) is 0 Å². The van der Waals surface area contributed by atoms with Gasteiger partial charge in [0.2, 0.25) is 0 Å². The lowest BCUT2D eigenvalue weighted by molar-refractivity contribution is 0.300. The van der Waals surface area contributed by atoms with E-state index in [1.807, 2.05) is 30.3 Å². The van der Waals surface area contributed by atoms with Crippen LogP contribution in [0.5, 0.6) is 11.5 Å². The van der Waals surface area contributed by atoms with Crippen LogP contribution in [0.1, 0.15) is 5.56 Å². The zero-order valence-electron chi connectivity index (χ0n) is 8.22. The smallest absolute Gasteiger partial charge is 0.182 e. The highest BCUT2D eigenvalue weighted by atomic mass is 16.5. The monoisotopic (exact) mass is 199 g/mol. The molecule has 0 heterocycles. The van der Waals surface area contributed by atoms with Gasteiger partial charge < -0.3 is 4.74 Å². The van der Waals surface area contributed by atoms with E-state index in [1.165, 1.54) is 12.1 Å². The van der Waals surface area contributed by atoms with E-state index in [1.54, 1.807) is 12.1 Å². The molecule has 0 saturated heterocycles. The summed E-state index contributed by atoms with van der Waals surface area (Å²) in [5.74, 6) is 0.590. The van der Waals surface area contributed by atoms with Crippen LogP contribution in [0.3, 0.4) is 0 Å². The van der Waals surface area contributed by atoms with Crippen molar-refractivity contribution in [3.63, 3.8) is 0 Å². The zero-order valence-corrected chi connectivity index (χ0v) is 8.22. The quantitative estimate of drug-likeness (QED) is 0.744. The molecule has 75 valence electrons. The molecular formula is C13H11O2. The summed E-state index contributed by atoms with van der Waals surface area (Å²) in [6, 6.07) is 16.3. The van der Waals surface area contributed by atoms with Crippen LogP contribution < -0.4 is 4.74 Å². The Morgan fingerprint density at radius 2 is 1.73 bits per heavy atom. The first-order chi connectivity index (χ1) is 7.34. The molecular weight excluding hydrogens is 188 g/mol. The zero-order chi connectivity index (χ0) is 10.5.